The number of amides is 3. The number of hydrazine groups is 1. The monoisotopic (exact) mass is 632 g/mol. The Morgan fingerprint density at radius 3 is 2.13 bits per heavy atom. The van der Waals surface area contributed by atoms with Gasteiger partial charge in [0.2, 0.25) is 17.7 Å². The number of aliphatic hydroxyl groups excluding tert-OH is 2. The van der Waals surface area contributed by atoms with Crippen molar-refractivity contribution in [3.8, 4) is 11.8 Å². The summed E-state index contributed by atoms with van der Waals surface area (Å²) in [5, 5.41) is 26.7. The first-order valence-electron chi connectivity index (χ1n) is 17.9. The molecule has 0 aromatic heterocycles. The Bertz CT molecular complexity index is 949. The Kier molecular flexibility index (Phi) is 18.1. The molecule has 9 nitrogen and oxygen atoms in total. The van der Waals surface area contributed by atoms with Crippen LogP contribution >= 0.6 is 0 Å². The summed E-state index contributed by atoms with van der Waals surface area (Å²) in [7, 11) is 0. The SMILES string of the molecule is CC#CC1CC(C(=O)NC(CC2CCC(O)CC2)C(O)CN(CCCC)NC(=O)CC(C)C)CC(C(=O)N(CCC)CCC)C1. The number of nitrogens with zero attached hydrogens (tertiary/aromatic N) is 2. The van der Waals surface area contributed by atoms with Crippen molar-refractivity contribution in [2.75, 3.05) is 26.2 Å². The van der Waals surface area contributed by atoms with Gasteiger partial charge in [-0.15, -0.1) is 11.8 Å². The van der Waals surface area contributed by atoms with E-state index in [0.29, 0.717) is 38.6 Å². The molecule has 2 fully saturated rings. The molecule has 0 saturated heterocycles. The number of carbonyl (C=O) groups excluding carboxylic acids is 3. The molecule has 0 bridgehead atoms. The third-order valence-corrected chi connectivity index (χ3v) is 9.34. The van der Waals surface area contributed by atoms with Crippen LogP contribution in [-0.4, -0.2) is 82.3 Å². The molecule has 45 heavy (non-hydrogen) atoms. The largest absolute Gasteiger partial charge is 0.393 e. The Morgan fingerprint density at radius 1 is 0.911 bits per heavy atom. The molecular formula is C36H64N4O5. The standard InChI is InChI=1S/C36H64N4O5/c1-7-11-19-40(38-34(43)20-26(5)6)25-33(42)32(23-27-13-15-31(41)16-14-27)37-35(44)29-21-28(12-8-2)22-30(24-29)36(45)39(17-9-3)18-10-4/h26-33,41-42H,7,9-11,13-25H2,1-6H3,(H,37,44)(H,38,43). The predicted octanol–water partition coefficient (Wildman–Crippen LogP) is 4.66. The Hall–Kier alpha value is -2.15. The van der Waals surface area contributed by atoms with Gasteiger partial charge in [-0.05, 0) is 89.4 Å². The van der Waals surface area contributed by atoms with E-state index in [2.05, 4.69) is 43.4 Å². The minimum Gasteiger partial charge on any atom is -0.393 e. The zero-order valence-electron chi connectivity index (χ0n) is 29.2. The molecule has 2 saturated carbocycles. The molecule has 0 aromatic rings. The predicted molar refractivity (Wildman–Crippen MR) is 180 cm³/mol. The maximum Gasteiger partial charge on any atom is 0.234 e. The minimum atomic E-state index is -0.895. The summed E-state index contributed by atoms with van der Waals surface area (Å²) in [4.78, 5) is 42.2. The normalized spacial score (nSPS) is 24.8. The van der Waals surface area contributed by atoms with Crippen LogP contribution < -0.4 is 10.7 Å². The van der Waals surface area contributed by atoms with Crippen LogP contribution in [0.3, 0.4) is 0 Å². The van der Waals surface area contributed by atoms with E-state index in [0.717, 1.165) is 64.5 Å². The number of carbonyl (C=O) groups is 3. The van der Waals surface area contributed by atoms with Crippen molar-refractivity contribution < 1.29 is 24.6 Å². The molecule has 258 valence electrons. The van der Waals surface area contributed by atoms with Gasteiger partial charge < -0.3 is 20.4 Å². The second-order valence-corrected chi connectivity index (χ2v) is 14.0. The van der Waals surface area contributed by atoms with Gasteiger partial charge in [0, 0.05) is 50.4 Å². The van der Waals surface area contributed by atoms with Crippen molar-refractivity contribution in [1.29, 1.82) is 0 Å². The van der Waals surface area contributed by atoms with Crippen LogP contribution in [0.1, 0.15) is 125 Å². The molecule has 2 aliphatic rings. The van der Waals surface area contributed by atoms with Gasteiger partial charge in [0.25, 0.3) is 0 Å². The summed E-state index contributed by atoms with van der Waals surface area (Å²) in [6, 6.07) is -0.507. The van der Waals surface area contributed by atoms with Crippen LogP contribution in [0.5, 0.6) is 0 Å². The molecule has 2 aliphatic carbocycles. The average molecular weight is 633 g/mol. The van der Waals surface area contributed by atoms with Gasteiger partial charge in [-0.1, -0.05) is 41.0 Å². The minimum absolute atomic E-state index is 0.0255. The molecule has 5 atom stereocenters. The highest BCUT2D eigenvalue weighted by Crippen LogP contribution is 2.35. The van der Waals surface area contributed by atoms with E-state index in [-0.39, 0.29) is 60.0 Å². The summed E-state index contributed by atoms with van der Waals surface area (Å²) < 4.78 is 0. The molecule has 0 heterocycles. The smallest absolute Gasteiger partial charge is 0.234 e. The summed E-state index contributed by atoms with van der Waals surface area (Å²) in [5.74, 6) is 6.06. The highest BCUT2D eigenvalue weighted by atomic mass is 16.3. The second-order valence-electron chi connectivity index (χ2n) is 14.0. The molecule has 0 radical (unpaired) electrons. The molecule has 0 spiro atoms. The maximum absolute atomic E-state index is 14.0. The maximum atomic E-state index is 14.0. The topological polar surface area (TPSA) is 122 Å². The zero-order valence-corrected chi connectivity index (χ0v) is 29.2. The third kappa shape index (κ3) is 14.0. The fourth-order valence-electron chi connectivity index (χ4n) is 7.03. The van der Waals surface area contributed by atoms with Crippen LogP contribution in [0.25, 0.3) is 0 Å². The fourth-order valence-corrected chi connectivity index (χ4v) is 7.03. The van der Waals surface area contributed by atoms with Crippen molar-refractivity contribution in [2.24, 2.45) is 29.6 Å². The summed E-state index contributed by atoms with van der Waals surface area (Å²) in [6.07, 6.45) is 8.36. The van der Waals surface area contributed by atoms with Crippen molar-refractivity contribution in [3.05, 3.63) is 0 Å². The molecule has 4 N–H and O–H groups in total. The molecule has 3 amide bonds. The number of hydrogen-bond acceptors (Lipinski definition) is 6. The molecule has 9 heteroatoms. The van der Waals surface area contributed by atoms with E-state index in [4.69, 9.17) is 0 Å². The van der Waals surface area contributed by atoms with Crippen LogP contribution in [0.4, 0.5) is 0 Å². The first kappa shape index (κ1) is 39.0. The van der Waals surface area contributed by atoms with E-state index in [1.54, 1.807) is 11.9 Å². The first-order chi connectivity index (χ1) is 21.5. The van der Waals surface area contributed by atoms with Crippen LogP contribution in [-0.2, 0) is 14.4 Å². The second kappa shape index (κ2) is 20.9. The van der Waals surface area contributed by atoms with Gasteiger partial charge in [0.05, 0.1) is 18.2 Å². The number of aliphatic hydroxyl groups is 2. The molecule has 0 aromatic carbocycles. The molecular weight excluding hydrogens is 568 g/mol. The van der Waals surface area contributed by atoms with Crippen LogP contribution in [0.2, 0.25) is 0 Å². The third-order valence-electron chi connectivity index (χ3n) is 9.34. The lowest BCUT2D eigenvalue weighted by atomic mass is 9.74. The number of nitrogens with one attached hydrogen (secondary N) is 2. The lowest BCUT2D eigenvalue weighted by Crippen LogP contribution is -2.54. The van der Waals surface area contributed by atoms with Crippen LogP contribution in [0.15, 0.2) is 0 Å². The van der Waals surface area contributed by atoms with Crippen molar-refractivity contribution in [2.45, 2.75) is 143 Å². The van der Waals surface area contributed by atoms with E-state index in [9.17, 15) is 24.6 Å². The number of unbranched alkanes of at least 4 members (excludes halogenated alkanes) is 1. The van der Waals surface area contributed by atoms with Crippen molar-refractivity contribution in [1.82, 2.24) is 20.7 Å². The average Bonchev–Trinajstić information content (AvgIpc) is 2.99. The Morgan fingerprint density at radius 2 is 1.56 bits per heavy atom. The van der Waals surface area contributed by atoms with Crippen LogP contribution in [0, 0.1) is 41.4 Å². The van der Waals surface area contributed by atoms with Crippen molar-refractivity contribution in [3.63, 3.8) is 0 Å². The van der Waals surface area contributed by atoms with Gasteiger partial charge in [0.1, 0.15) is 0 Å². The van der Waals surface area contributed by atoms with Gasteiger partial charge >= 0.3 is 0 Å². The zero-order chi connectivity index (χ0) is 33.4. The Balaban J connectivity index is 2.24. The summed E-state index contributed by atoms with van der Waals surface area (Å²) in [5.41, 5.74) is 3.00. The lowest BCUT2D eigenvalue weighted by Gasteiger charge is -2.37. The highest BCUT2D eigenvalue weighted by Gasteiger charge is 2.39. The highest BCUT2D eigenvalue weighted by molar-refractivity contribution is 5.83. The fraction of sp³-hybridized carbons (Fsp3) is 0.861. The van der Waals surface area contributed by atoms with E-state index in [1.165, 1.54) is 0 Å². The number of hydrogen-bond donors (Lipinski definition) is 4. The summed E-state index contributed by atoms with van der Waals surface area (Å²) >= 11 is 0. The number of rotatable bonds is 18. The molecule has 0 aliphatic heterocycles. The summed E-state index contributed by atoms with van der Waals surface area (Å²) in [6.45, 7) is 14.3. The van der Waals surface area contributed by atoms with Gasteiger partial charge in [0.15, 0.2) is 0 Å². The van der Waals surface area contributed by atoms with E-state index < -0.39 is 12.1 Å². The molecule has 5 unspecified atom stereocenters. The van der Waals surface area contributed by atoms with E-state index in [1.807, 2.05) is 18.7 Å². The van der Waals surface area contributed by atoms with E-state index >= 15 is 0 Å². The quantitative estimate of drug-likeness (QED) is 0.129. The Labute approximate surface area is 273 Å². The first-order valence-corrected chi connectivity index (χ1v) is 17.9. The van der Waals surface area contributed by atoms with Gasteiger partial charge in [-0.3, -0.25) is 19.8 Å². The lowest BCUT2D eigenvalue weighted by molar-refractivity contribution is -0.139. The van der Waals surface area contributed by atoms with Crippen molar-refractivity contribution >= 4 is 17.7 Å². The van der Waals surface area contributed by atoms with Gasteiger partial charge in [-0.2, -0.15) is 0 Å². The molecule has 2 rings (SSSR count). The van der Waals surface area contributed by atoms with Gasteiger partial charge in [-0.25, -0.2) is 5.01 Å².